The molecule has 0 unspecified atom stereocenters. The Labute approximate surface area is 95.5 Å². The second-order valence-corrected chi connectivity index (χ2v) is 4.57. The van der Waals surface area contributed by atoms with Crippen molar-refractivity contribution in [3.8, 4) is 0 Å². The molecule has 2 rings (SSSR count). The van der Waals surface area contributed by atoms with E-state index in [-0.39, 0.29) is 0 Å². The van der Waals surface area contributed by atoms with E-state index >= 15 is 0 Å². The Morgan fingerprint density at radius 1 is 1.36 bits per heavy atom. The van der Waals surface area contributed by atoms with Gasteiger partial charge in [0.25, 0.3) is 0 Å². The Balaban J connectivity index is 3.02. The SMILES string of the molecule is Cc1nc(=S)c2cc(Br)cc(C)c2[nH]1. The summed E-state index contributed by atoms with van der Waals surface area (Å²) in [5.74, 6) is 0.855. The monoisotopic (exact) mass is 268 g/mol. The van der Waals surface area contributed by atoms with Crippen molar-refractivity contribution < 1.29 is 0 Å². The summed E-state index contributed by atoms with van der Waals surface area (Å²) in [6.07, 6.45) is 0. The number of nitrogens with one attached hydrogen (secondary N) is 1. The third-order valence-electron chi connectivity index (χ3n) is 2.11. The molecule has 1 aromatic carbocycles. The van der Waals surface area contributed by atoms with Gasteiger partial charge in [0, 0.05) is 9.86 Å². The fraction of sp³-hybridized carbons (Fsp3) is 0.200. The summed E-state index contributed by atoms with van der Waals surface area (Å²) in [5, 5.41) is 0.998. The number of rotatable bonds is 0. The first-order valence-corrected chi connectivity index (χ1v) is 5.45. The van der Waals surface area contributed by atoms with Crippen LogP contribution < -0.4 is 0 Å². The Morgan fingerprint density at radius 3 is 2.79 bits per heavy atom. The molecule has 72 valence electrons. The molecular formula is C10H9BrN2S. The van der Waals surface area contributed by atoms with E-state index in [2.05, 4.69) is 38.9 Å². The molecule has 0 saturated heterocycles. The van der Waals surface area contributed by atoms with Crippen molar-refractivity contribution in [3.05, 3.63) is 32.6 Å². The first kappa shape index (κ1) is 9.80. The van der Waals surface area contributed by atoms with Crippen LogP contribution in [0.3, 0.4) is 0 Å². The third kappa shape index (κ3) is 1.60. The predicted molar refractivity (Wildman–Crippen MR) is 64.1 cm³/mol. The maximum Gasteiger partial charge on any atom is 0.137 e. The number of aromatic amines is 1. The van der Waals surface area contributed by atoms with Crippen LogP contribution in [-0.2, 0) is 0 Å². The number of fused-ring (bicyclic) bond motifs is 1. The number of hydrogen-bond acceptors (Lipinski definition) is 2. The minimum absolute atomic E-state index is 0.653. The molecule has 0 radical (unpaired) electrons. The fourth-order valence-corrected chi connectivity index (χ4v) is 2.37. The van der Waals surface area contributed by atoms with Gasteiger partial charge < -0.3 is 4.98 Å². The van der Waals surface area contributed by atoms with Crippen LogP contribution in [-0.4, -0.2) is 9.97 Å². The standard InChI is InChI=1S/C10H9BrN2S/c1-5-3-7(11)4-8-9(5)12-6(2)13-10(8)14/h3-4H,1-2H3,(H,12,13,14). The van der Waals surface area contributed by atoms with Crippen LogP contribution in [0.25, 0.3) is 10.9 Å². The first-order chi connectivity index (χ1) is 6.58. The molecule has 1 heterocycles. The summed E-state index contributed by atoms with van der Waals surface area (Å²) < 4.78 is 1.69. The number of halogens is 1. The smallest absolute Gasteiger partial charge is 0.137 e. The molecule has 0 bridgehead atoms. The average Bonchev–Trinajstić information content (AvgIpc) is 2.07. The van der Waals surface area contributed by atoms with Crippen molar-refractivity contribution in [1.82, 2.24) is 9.97 Å². The van der Waals surface area contributed by atoms with Gasteiger partial charge in [0.2, 0.25) is 0 Å². The zero-order valence-electron chi connectivity index (χ0n) is 7.89. The van der Waals surface area contributed by atoms with Gasteiger partial charge in [0.05, 0.1) is 5.52 Å². The molecule has 14 heavy (non-hydrogen) atoms. The fourth-order valence-electron chi connectivity index (χ4n) is 1.50. The van der Waals surface area contributed by atoms with Crippen LogP contribution in [0.15, 0.2) is 16.6 Å². The Hall–Kier alpha value is -0.740. The van der Waals surface area contributed by atoms with Crippen LogP contribution in [0.4, 0.5) is 0 Å². The molecule has 0 saturated carbocycles. The van der Waals surface area contributed by atoms with E-state index in [1.54, 1.807) is 0 Å². The van der Waals surface area contributed by atoms with Crippen molar-refractivity contribution in [1.29, 1.82) is 0 Å². The van der Waals surface area contributed by atoms with Gasteiger partial charge in [-0.1, -0.05) is 28.1 Å². The highest BCUT2D eigenvalue weighted by Crippen LogP contribution is 2.22. The molecular weight excluding hydrogens is 260 g/mol. The Bertz CT molecular complexity index is 560. The van der Waals surface area contributed by atoms with Crippen LogP contribution in [0.2, 0.25) is 0 Å². The van der Waals surface area contributed by atoms with Gasteiger partial charge in [-0.15, -0.1) is 0 Å². The van der Waals surface area contributed by atoms with Gasteiger partial charge in [-0.05, 0) is 31.5 Å². The van der Waals surface area contributed by atoms with Gasteiger partial charge in [0.15, 0.2) is 0 Å². The summed E-state index contributed by atoms with van der Waals surface area (Å²) >= 11 is 8.66. The van der Waals surface area contributed by atoms with Crippen LogP contribution in [0.1, 0.15) is 11.4 Å². The third-order valence-corrected chi connectivity index (χ3v) is 2.87. The molecule has 0 aliphatic rings. The number of aryl methyl sites for hydroxylation is 2. The van der Waals surface area contributed by atoms with Gasteiger partial charge >= 0.3 is 0 Å². The normalized spacial score (nSPS) is 10.8. The van der Waals surface area contributed by atoms with Crippen molar-refractivity contribution in [2.75, 3.05) is 0 Å². The number of benzene rings is 1. The summed E-state index contributed by atoms with van der Waals surface area (Å²) in [6.45, 7) is 3.97. The van der Waals surface area contributed by atoms with Crippen molar-refractivity contribution in [3.63, 3.8) is 0 Å². The maximum absolute atomic E-state index is 5.21. The van der Waals surface area contributed by atoms with E-state index in [4.69, 9.17) is 12.2 Å². The number of hydrogen-bond donors (Lipinski definition) is 1. The first-order valence-electron chi connectivity index (χ1n) is 4.25. The van der Waals surface area contributed by atoms with E-state index in [1.807, 2.05) is 13.0 Å². The molecule has 2 aromatic rings. The maximum atomic E-state index is 5.21. The summed E-state index contributed by atoms with van der Waals surface area (Å²) in [4.78, 5) is 7.45. The Morgan fingerprint density at radius 2 is 2.07 bits per heavy atom. The highest BCUT2D eigenvalue weighted by atomic mass is 79.9. The molecule has 1 aromatic heterocycles. The molecule has 4 heteroatoms. The second kappa shape index (κ2) is 3.44. The summed E-state index contributed by atoms with van der Waals surface area (Å²) in [6, 6.07) is 4.06. The van der Waals surface area contributed by atoms with Gasteiger partial charge in [-0.2, -0.15) is 0 Å². The van der Waals surface area contributed by atoms with E-state index in [9.17, 15) is 0 Å². The number of H-pyrrole nitrogens is 1. The minimum Gasteiger partial charge on any atom is -0.343 e. The van der Waals surface area contributed by atoms with Crippen LogP contribution in [0, 0.1) is 18.5 Å². The minimum atomic E-state index is 0.653. The molecule has 1 N–H and O–H groups in total. The summed E-state index contributed by atoms with van der Waals surface area (Å²) in [5.41, 5.74) is 2.25. The molecule has 2 nitrogen and oxygen atoms in total. The molecule has 0 fully saturated rings. The zero-order chi connectivity index (χ0) is 10.3. The zero-order valence-corrected chi connectivity index (χ0v) is 10.3. The molecule has 0 amide bonds. The van der Waals surface area contributed by atoms with E-state index in [1.165, 1.54) is 5.56 Å². The van der Waals surface area contributed by atoms with E-state index in [0.717, 1.165) is 21.2 Å². The highest BCUT2D eigenvalue weighted by molar-refractivity contribution is 9.10. The van der Waals surface area contributed by atoms with Crippen molar-refractivity contribution in [2.45, 2.75) is 13.8 Å². The molecule has 0 atom stereocenters. The lowest BCUT2D eigenvalue weighted by Crippen LogP contribution is -1.92. The largest absolute Gasteiger partial charge is 0.343 e. The average molecular weight is 269 g/mol. The highest BCUT2D eigenvalue weighted by Gasteiger charge is 2.02. The van der Waals surface area contributed by atoms with Crippen molar-refractivity contribution >= 4 is 39.1 Å². The Kier molecular flexibility index (Phi) is 2.41. The topological polar surface area (TPSA) is 28.7 Å². The second-order valence-electron chi connectivity index (χ2n) is 3.27. The molecule has 0 aliphatic heterocycles. The van der Waals surface area contributed by atoms with Gasteiger partial charge in [-0.25, -0.2) is 4.98 Å². The lowest BCUT2D eigenvalue weighted by molar-refractivity contribution is 1.08. The van der Waals surface area contributed by atoms with Crippen molar-refractivity contribution in [2.24, 2.45) is 0 Å². The lowest BCUT2D eigenvalue weighted by atomic mass is 10.1. The van der Waals surface area contributed by atoms with Crippen LogP contribution >= 0.6 is 28.1 Å². The van der Waals surface area contributed by atoms with Crippen LogP contribution in [0.5, 0.6) is 0 Å². The summed E-state index contributed by atoms with van der Waals surface area (Å²) in [7, 11) is 0. The quantitative estimate of drug-likeness (QED) is 0.739. The van der Waals surface area contributed by atoms with Gasteiger partial charge in [-0.3, -0.25) is 0 Å². The lowest BCUT2D eigenvalue weighted by Gasteiger charge is -2.04. The van der Waals surface area contributed by atoms with E-state index < -0.39 is 0 Å². The molecule has 0 aliphatic carbocycles. The number of aromatic nitrogens is 2. The predicted octanol–water partition coefficient (Wildman–Crippen LogP) is 3.67. The van der Waals surface area contributed by atoms with E-state index in [0.29, 0.717) is 4.64 Å². The molecule has 0 spiro atoms. The van der Waals surface area contributed by atoms with Gasteiger partial charge in [0.1, 0.15) is 10.5 Å². The number of nitrogens with zero attached hydrogens (tertiary/aromatic N) is 1.